The van der Waals surface area contributed by atoms with E-state index in [1.54, 1.807) is 0 Å². The Morgan fingerprint density at radius 3 is 2.76 bits per heavy atom. The van der Waals surface area contributed by atoms with Crippen LogP contribution in [-0.2, 0) is 4.74 Å². The number of hydrogen-bond donors (Lipinski definition) is 0. The van der Waals surface area contributed by atoms with E-state index < -0.39 is 0 Å². The predicted octanol–water partition coefficient (Wildman–Crippen LogP) is 3.51. The fraction of sp³-hybridized carbons (Fsp3) is 0.500. The van der Waals surface area contributed by atoms with Crippen molar-refractivity contribution >= 4 is 5.91 Å². The summed E-state index contributed by atoms with van der Waals surface area (Å²) in [6.45, 7) is 5.14. The van der Waals surface area contributed by atoms with E-state index in [2.05, 4.69) is 36.2 Å². The average molecular weight is 340 g/mol. The van der Waals surface area contributed by atoms with E-state index in [1.165, 1.54) is 17.4 Å². The third kappa shape index (κ3) is 3.33. The van der Waals surface area contributed by atoms with E-state index in [9.17, 15) is 4.79 Å². The molecule has 0 aliphatic carbocycles. The monoisotopic (exact) mass is 340 g/mol. The van der Waals surface area contributed by atoms with Gasteiger partial charge in [-0.05, 0) is 37.3 Å². The zero-order valence-corrected chi connectivity index (χ0v) is 14.6. The molecule has 1 amide bonds. The molecule has 1 atom stereocenters. The van der Waals surface area contributed by atoms with Crippen LogP contribution in [0.5, 0.6) is 0 Å². The van der Waals surface area contributed by atoms with Crippen LogP contribution in [0.1, 0.15) is 58.6 Å². The number of ether oxygens (including phenoxy) is 1. The van der Waals surface area contributed by atoms with Crippen LogP contribution >= 0.6 is 0 Å². The molecule has 2 saturated heterocycles. The molecule has 5 nitrogen and oxygen atoms in total. The topological polar surface area (TPSA) is 55.6 Å². The number of likely N-dealkylation sites (tertiary alicyclic amines) is 1. The van der Waals surface area contributed by atoms with Gasteiger partial charge in [-0.25, -0.2) is 4.98 Å². The third-order valence-electron chi connectivity index (χ3n) is 5.42. The maximum Gasteiger partial charge on any atom is 0.275 e. The van der Waals surface area contributed by atoms with Gasteiger partial charge in [0.05, 0.1) is 0 Å². The van der Waals surface area contributed by atoms with Crippen LogP contribution in [0.15, 0.2) is 34.9 Å². The molecular weight excluding hydrogens is 316 g/mol. The maximum atomic E-state index is 12.8. The van der Waals surface area contributed by atoms with Gasteiger partial charge in [0.25, 0.3) is 5.91 Å². The molecule has 0 spiro atoms. The number of carbonyl (C=O) groups is 1. The molecule has 1 aromatic carbocycles. The molecule has 1 aromatic heterocycles. The highest BCUT2D eigenvalue weighted by molar-refractivity contribution is 5.92. The number of nitrogens with zero attached hydrogens (tertiary/aromatic N) is 2. The molecule has 0 saturated carbocycles. The Hall–Kier alpha value is -2.14. The summed E-state index contributed by atoms with van der Waals surface area (Å²) in [5, 5.41) is 0. The number of aryl methyl sites for hydroxylation is 1. The lowest BCUT2D eigenvalue weighted by molar-refractivity contribution is 0.0782. The van der Waals surface area contributed by atoms with Crippen molar-refractivity contribution in [1.82, 2.24) is 9.88 Å². The minimum Gasteiger partial charge on any atom is -0.448 e. The lowest BCUT2D eigenvalue weighted by Crippen LogP contribution is -2.29. The van der Waals surface area contributed by atoms with Crippen molar-refractivity contribution in [1.29, 1.82) is 0 Å². The van der Waals surface area contributed by atoms with Crippen molar-refractivity contribution in [2.24, 2.45) is 0 Å². The molecule has 1 unspecified atom stereocenters. The Bertz CT molecular complexity index is 749. The number of benzene rings is 1. The van der Waals surface area contributed by atoms with E-state index in [-0.39, 0.29) is 11.8 Å². The summed E-state index contributed by atoms with van der Waals surface area (Å²) >= 11 is 0. The SMILES string of the molecule is Cc1ccccc1C1CCN(C(=O)c2coc(C3CCOCC3)n2)C1. The summed E-state index contributed by atoms with van der Waals surface area (Å²) in [6, 6.07) is 8.44. The summed E-state index contributed by atoms with van der Waals surface area (Å²) in [6.07, 6.45) is 4.34. The zero-order valence-electron chi connectivity index (χ0n) is 14.6. The molecule has 4 rings (SSSR count). The standard InChI is InChI=1S/C20H24N2O3/c1-14-4-2-3-5-17(14)16-6-9-22(12-16)20(23)18-13-25-19(21-18)15-7-10-24-11-8-15/h2-5,13,15-16H,6-12H2,1H3. The van der Waals surface area contributed by atoms with Crippen molar-refractivity contribution in [2.45, 2.75) is 38.0 Å². The first-order valence-electron chi connectivity index (χ1n) is 9.10. The van der Waals surface area contributed by atoms with Gasteiger partial charge in [-0.3, -0.25) is 4.79 Å². The predicted molar refractivity (Wildman–Crippen MR) is 93.7 cm³/mol. The van der Waals surface area contributed by atoms with Crippen LogP contribution in [0, 0.1) is 6.92 Å². The minimum absolute atomic E-state index is 0.0156. The number of hydrogen-bond acceptors (Lipinski definition) is 4. The summed E-state index contributed by atoms with van der Waals surface area (Å²) in [7, 11) is 0. The van der Waals surface area contributed by atoms with Crippen LogP contribution in [0.3, 0.4) is 0 Å². The van der Waals surface area contributed by atoms with E-state index in [1.807, 2.05) is 4.90 Å². The summed E-state index contributed by atoms with van der Waals surface area (Å²) in [5.41, 5.74) is 3.08. The normalized spacial score (nSPS) is 21.6. The molecule has 5 heteroatoms. The first-order valence-corrected chi connectivity index (χ1v) is 9.10. The van der Waals surface area contributed by atoms with Gasteiger partial charge < -0.3 is 14.1 Å². The number of aromatic nitrogens is 1. The lowest BCUT2D eigenvalue weighted by atomic mass is 9.94. The second-order valence-corrected chi connectivity index (χ2v) is 7.05. The van der Waals surface area contributed by atoms with Crippen molar-refractivity contribution < 1.29 is 13.9 Å². The second-order valence-electron chi connectivity index (χ2n) is 7.05. The van der Waals surface area contributed by atoms with E-state index in [4.69, 9.17) is 9.15 Å². The first-order chi connectivity index (χ1) is 12.2. The average Bonchev–Trinajstić information content (AvgIpc) is 3.32. The molecule has 2 aliphatic heterocycles. The van der Waals surface area contributed by atoms with Crippen LogP contribution in [-0.4, -0.2) is 42.1 Å². The molecule has 25 heavy (non-hydrogen) atoms. The zero-order chi connectivity index (χ0) is 17.2. The molecular formula is C20H24N2O3. The Balaban J connectivity index is 1.43. The van der Waals surface area contributed by atoms with E-state index >= 15 is 0 Å². The highest BCUT2D eigenvalue weighted by Gasteiger charge is 2.31. The van der Waals surface area contributed by atoms with Crippen molar-refractivity contribution in [3.8, 4) is 0 Å². The number of amides is 1. The highest BCUT2D eigenvalue weighted by Crippen LogP contribution is 2.31. The summed E-state index contributed by atoms with van der Waals surface area (Å²) < 4.78 is 11.0. The minimum atomic E-state index is -0.0156. The number of rotatable bonds is 3. The largest absolute Gasteiger partial charge is 0.448 e. The Morgan fingerprint density at radius 2 is 1.96 bits per heavy atom. The van der Waals surface area contributed by atoms with Gasteiger partial charge in [0.15, 0.2) is 11.6 Å². The first kappa shape index (κ1) is 16.3. The van der Waals surface area contributed by atoms with Gasteiger partial charge in [-0.2, -0.15) is 0 Å². The van der Waals surface area contributed by atoms with Gasteiger partial charge in [0, 0.05) is 38.1 Å². The Morgan fingerprint density at radius 1 is 1.16 bits per heavy atom. The van der Waals surface area contributed by atoms with E-state index in [0.717, 1.165) is 45.6 Å². The molecule has 3 heterocycles. The van der Waals surface area contributed by atoms with Crippen LogP contribution in [0.2, 0.25) is 0 Å². The smallest absolute Gasteiger partial charge is 0.275 e. The highest BCUT2D eigenvalue weighted by atomic mass is 16.5. The molecule has 132 valence electrons. The van der Waals surface area contributed by atoms with Crippen LogP contribution in [0.4, 0.5) is 0 Å². The quantitative estimate of drug-likeness (QED) is 0.858. The maximum absolute atomic E-state index is 12.8. The Kier molecular flexibility index (Phi) is 4.57. The number of carbonyl (C=O) groups excluding carboxylic acids is 1. The fourth-order valence-corrected chi connectivity index (χ4v) is 3.92. The lowest BCUT2D eigenvalue weighted by Gasteiger charge is -2.18. The molecule has 0 bridgehead atoms. The van der Waals surface area contributed by atoms with Gasteiger partial charge >= 0.3 is 0 Å². The molecule has 0 N–H and O–H groups in total. The Labute approximate surface area is 148 Å². The third-order valence-corrected chi connectivity index (χ3v) is 5.42. The van der Waals surface area contributed by atoms with Crippen molar-refractivity contribution in [3.05, 3.63) is 53.2 Å². The molecule has 0 radical (unpaired) electrons. The van der Waals surface area contributed by atoms with Crippen molar-refractivity contribution in [3.63, 3.8) is 0 Å². The second kappa shape index (κ2) is 7.00. The van der Waals surface area contributed by atoms with Crippen LogP contribution in [0.25, 0.3) is 0 Å². The van der Waals surface area contributed by atoms with Gasteiger partial charge in [-0.15, -0.1) is 0 Å². The fourth-order valence-electron chi connectivity index (χ4n) is 3.92. The van der Waals surface area contributed by atoms with Gasteiger partial charge in [-0.1, -0.05) is 24.3 Å². The molecule has 2 aromatic rings. The summed E-state index contributed by atoms with van der Waals surface area (Å²) in [4.78, 5) is 19.2. The van der Waals surface area contributed by atoms with E-state index in [0.29, 0.717) is 17.5 Å². The van der Waals surface area contributed by atoms with Gasteiger partial charge in [0.1, 0.15) is 6.26 Å². The van der Waals surface area contributed by atoms with Gasteiger partial charge in [0.2, 0.25) is 0 Å². The number of oxazole rings is 1. The molecule has 2 fully saturated rings. The summed E-state index contributed by atoms with van der Waals surface area (Å²) in [5.74, 6) is 1.35. The molecule has 2 aliphatic rings. The van der Waals surface area contributed by atoms with Crippen LogP contribution < -0.4 is 0 Å². The van der Waals surface area contributed by atoms with Crippen molar-refractivity contribution in [2.75, 3.05) is 26.3 Å².